The molecule has 1 aromatic carbocycles. The molecule has 0 unspecified atom stereocenters. The molecule has 0 fully saturated rings. The van der Waals surface area contributed by atoms with Crippen molar-refractivity contribution in [2.75, 3.05) is 11.1 Å². The number of benzene rings is 1. The number of rotatable bonds is 5. The van der Waals surface area contributed by atoms with Gasteiger partial charge in [-0.1, -0.05) is 43.8 Å². The largest absolute Gasteiger partial charge is 0.325 e. The van der Waals surface area contributed by atoms with Gasteiger partial charge in [-0.25, -0.2) is 4.98 Å². The molecular formula is C23H27N3O2S2. The summed E-state index contributed by atoms with van der Waals surface area (Å²) in [5.41, 5.74) is 4.27. The average molecular weight is 442 g/mol. The van der Waals surface area contributed by atoms with E-state index >= 15 is 0 Å². The van der Waals surface area contributed by atoms with Crippen LogP contribution in [0, 0.1) is 12.8 Å². The summed E-state index contributed by atoms with van der Waals surface area (Å²) >= 11 is 2.96. The molecule has 0 saturated heterocycles. The first-order valence-corrected chi connectivity index (χ1v) is 12.2. The first kappa shape index (κ1) is 21.1. The van der Waals surface area contributed by atoms with Crippen molar-refractivity contribution in [3.05, 3.63) is 50.1 Å². The van der Waals surface area contributed by atoms with E-state index in [0.29, 0.717) is 11.1 Å². The molecular weight excluding hydrogens is 414 g/mol. The maximum Gasteiger partial charge on any atom is 0.262 e. The molecule has 2 aromatic heterocycles. The Bertz CT molecular complexity index is 1180. The second kappa shape index (κ2) is 8.55. The molecule has 5 nitrogen and oxygen atoms in total. The van der Waals surface area contributed by atoms with Crippen molar-refractivity contribution in [3.63, 3.8) is 0 Å². The summed E-state index contributed by atoms with van der Waals surface area (Å²) < 4.78 is 1.59. The lowest BCUT2D eigenvalue weighted by Gasteiger charge is -2.17. The van der Waals surface area contributed by atoms with Gasteiger partial charge < -0.3 is 5.32 Å². The fraction of sp³-hybridized carbons (Fsp3) is 0.435. The number of hydrogen-bond acceptors (Lipinski definition) is 5. The van der Waals surface area contributed by atoms with Gasteiger partial charge in [-0.3, -0.25) is 14.2 Å². The lowest BCUT2D eigenvalue weighted by atomic mass is 9.89. The van der Waals surface area contributed by atoms with Crippen molar-refractivity contribution in [1.82, 2.24) is 9.55 Å². The number of carbonyl (C=O) groups is 1. The van der Waals surface area contributed by atoms with E-state index in [0.717, 1.165) is 52.7 Å². The molecule has 3 aromatic rings. The van der Waals surface area contributed by atoms with Crippen LogP contribution in [-0.2, 0) is 31.1 Å². The molecule has 1 aliphatic rings. The zero-order chi connectivity index (χ0) is 21.4. The van der Waals surface area contributed by atoms with Gasteiger partial charge in [0.25, 0.3) is 5.56 Å². The predicted octanol–water partition coefficient (Wildman–Crippen LogP) is 4.72. The Kier molecular flexibility index (Phi) is 6.02. The van der Waals surface area contributed by atoms with Crippen molar-refractivity contribution in [1.29, 1.82) is 0 Å². The molecule has 0 bridgehead atoms. The second-order valence-electron chi connectivity index (χ2n) is 8.09. The smallest absolute Gasteiger partial charge is 0.262 e. The Labute approximate surface area is 184 Å². The van der Waals surface area contributed by atoms with Crippen molar-refractivity contribution in [3.8, 4) is 0 Å². The number of aromatic nitrogens is 2. The first-order valence-electron chi connectivity index (χ1n) is 10.4. The van der Waals surface area contributed by atoms with Gasteiger partial charge in [0.15, 0.2) is 5.16 Å². The normalized spacial score (nSPS) is 15.9. The van der Waals surface area contributed by atoms with E-state index in [2.05, 4.69) is 19.2 Å². The van der Waals surface area contributed by atoms with Crippen LogP contribution in [0.25, 0.3) is 10.2 Å². The number of thioether (sulfide) groups is 1. The topological polar surface area (TPSA) is 64.0 Å². The zero-order valence-corrected chi connectivity index (χ0v) is 19.5. The molecule has 158 valence electrons. The number of aryl methyl sites for hydroxylation is 3. The van der Waals surface area contributed by atoms with Crippen LogP contribution in [-0.4, -0.2) is 21.2 Å². The molecule has 1 N–H and O–H groups in total. The van der Waals surface area contributed by atoms with Gasteiger partial charge in [-0.15, -0.1) is 11.3 Å². The van der Waals surface area contributed by atoms with E-state index in [1.54, 1.807) is 23.0 Å². The standard InChI is InChI=1S/C23H27N3O2S2/c1-5-15-8-6-7-14(3)20(15)24-18(27)12-29-23-25-21-19(22(28)26(23)4)16-10-9-13(2)11-17(16)30-21/h6-8,13H,5,9-12H2,1-4H3,(H,24,27)/t13-/m1/s1. The Morgan fingerprint density at radius 3 is 2.97 bits per heavy atom. The van der Waals surface area contributed by atoms with Crippen molar-refractivity contribution >= 4 is 44.9 Å². The number of para-hydroxylation sites is 1. The molecule has 1 atom stereocenters. The van der Waals surface area contributed by atoms with Gasteiger partial charge in [0.05, 0.1) is 11.1 Å². The lowest BCUT2D eigenvalue weighted by molar-refractivity contribution is -0.113. The highest BCUT2D eigenvalue weighted by molar-refractivity contribution is 7.99. The lowest BCUT2D eigenvalue weighted by Crippen LogP contribution is -2.22. The molecule has 0 saturated carbocycles. The van der Waals surface area contributed by atoms with E-state index in [9.17, 15) is 9.59 Å². The van der Waals surface area contributed by atoms with Gasteiger partial charge in [0.2, 0.25) is 5.91 Å². The van der Waals surface area contributed by atoms with Crippen LogP contribution in [0.4, 0.5) is 5.69 Å². The minimum absolute atomic E-state index is 0.00198. The third kappa shape index (κ3) is 3.93. The molecule has 0 radical (unpaired) electrons. The van der Waals surface area contributed by atoms with E-state index in [4.69, 9.17) is 4.98 Å². The van der Waals surface area contributed by atoms with Crippen LogP contribution >= 0.6 is 23.1 Å². The van der Waals surface area contributed by atoms with Crippen LogP contribution in [0.15, 0.2) is 28.2 Å². The number of thiophene rings is 1. The number of anilines is 1. The summed E-state index contributed by atoms with van der Waals surface area (Å²) in [7, 11) is 1.75. The van der Waals surface area contributed by atoms with Crippen LogP contribution in [0.1, 0.15) is 41.8 Å². The van der Waals surface area contributed by atoms with Gasteiger partial charge in [0, 0.05) is 17.6 Å². The highest BCUT2D eigenvalue weighted by Gasteiger charge is 2.24. The Hall–Kier alpha value is -2.12. The van der Waals surface area contributed by atoms with Crippen LogP contribution in [0.2, 0.25) is 0 Å². The summed E-state index contributed by atoms with van der Waals surface area (Å²) in [6.45, 7) is 6.34. The minimum Gasteiger partial charge on any atom is -0.325 e. The third-order valence-corrected chi connectivity index (χ3v) is 8.01. The highest BCUT2D eigenvalue weighted by Crippen LogP contribution is 2.36. The molecule has 30 heavy (non-hydrogen) atoms. The third-order valence-electron chi connectivity index (χ3n) is 5.83. The summed E-state index contributed by atoms with van der Waals surface area (Å²) in [4.78, 5) is 32.5. The quantitative estimate of drug-likeness (QED) is 0.460. The monoisotopic (exact) mass is 441 g/mol. The summed E-state index contributed by atoms with van der Waals surface area (Å²) in [5.74, 6) is 0.782. The van der Waals surface area contributed by atoms with E-state index < -0.39 is 0 Å². The average Bonchev–Trinajstić information content (AvgIpc) is 3.08. The number of hydrogen-bond donors (Lipinski definition) is 1. The summed E-state index contributed by atoms with van der Waals surface area (Å²) in [5, 5.41) is 4.42. The zero-order valence-electron chi connectivity index (χ0n) is 17.9. The number of amides is 1. The fourth-order valence-corrected chi connectivity index (χ4v) is 6.28. The van der Waals surface area contributed by atoms with E-state index in [-0.39, 0.29) is 17.2 Å². The molecule has 1 amide bonds. The Morgan fingerprint density at radius 1 is 1.40 bits per heavy atom. The van der Waals surface area contributed by atoms with Crippen molar-refractivity contribution in [2.24, 2.45) is 13.0 Å². The first-order chi connectivity index (χ1) is 14.4. The van der Waals surface area contributed by atoms with E-state index in [1.807, 2.05) is 25.1 Å². The van der Waals surface area contributed by atoms with Gasteiger partial charge in [-0.05, 0) is 55.2 Å². The molecule has 0 spiro atoms. The number of fused-ring (bicyclic) bond motifs is 3. The fourth-order valence-electron chi connectivity index (χ4n) is 4.09. The van der Waals surface area contributed by atoms with E-state index in [1.165, 1.54) is 22.2 Å². The van der Waals surface area contributed by atoms with Crippen molar-refractivity contribution in [2.45, 2.75) is 51.6 Å². The second-order valence-corrected chi connectivity index (χ2v) is 10.1. The van der Waals surface area contributed by atoms with Gasteiger partial charge in [0.1, 0.15) is 4.83 Å². The molecule has 7 heteroatoms. The highest BCUT2D eigenvalue weighted by atomic mass is 32.2. The SMILES string of the molecule is CCc1cccc(C)c1NC(=O)CSc1nc2sc3c(c2c(=O)n1C)CC[C@@H](C)C3. The maximum atomic E-state index is 13.0. The predicted molar refractivity (Wildman–Crippen MR) is 126 cm³/mol. The van der Waals surface area contributed by atoms with Gasteiger partial charge in [-0.2, -0.15) is 0 Å². The molecule has 4 rings (SSSR count). The summed E-state index contributed by atoms with van der Waals surface area (Å²) in [6, 6.07) is 6.05. The number of carbonyl (C=O) groups excluding carboxylic acids is 1. The molecule has 2 heterocycles. The van der Waals surface area contributed by atoms with Crippen molar-refractivity contribution < 1.29 is 4.79 Å². The Morgan fingerprint density at radius 2 is 2.20 bits per heavy atom. The van der Waals surface area contributed by atoms with Crippen LogP contribution in [0.3, 0.4) is 0 Å². The maximum absolute atomic E-state index is 13.0. The Balaban J connectivity index is 1.55. The minimum atomic E-state index is -0.0855. The van der Waals surface area contributed by atoms with Gasteiger partial charge >= 0.3 is 0 Å². The molecule has 0 aliphatic heterocycles. The van der Waals surface area contributed by atoms with Crippen LogP contribution in [0.5, 0.6) is 0 Å². The summed E-state index contributed by atoms with van der Waals surface area (Å²) in [6.07, 6.45) is 3.97. The molecule has 1 aliphatic carbocycles. The number of nitrogens with zero attached hydrogens (tertiary/aromatic N) is 2. The van der Waals surface area contributed by atoms with Crippen LogP contribution < -0.4 is 10.9 Å². The number of nitrogens with one attached hydrogen (secondary N) is 1.